The quantitative estimate of drug-likeness (QED) is 0.898. The summed E-state index contributed by atoms with van der Waals surface area (Å²) in [5, 5.41) is 7.25. The SMILES string of the molecule is CN(C(=O)c1ccsc1)C1CCCNCC1.Cl. The van der Waals surface area contributed by atoms with Crippen molar-refractivity contribution in [2.75, 3.05) is 20.1 Å². The lowest BCUT2D eigenvalue weighted by molar-refractivity contribution is 0.0721. The van der Waals surface area contributed by atoms with Gasteiger partial charge in [-0.25, -0.2) is 0 Å². The molecular weight excluding hydrogens is 256 g/mol. The Morgan fingerprint density at radius 3 is 3.00 bits per heavy atom. The van der Waals surface area contributed by atoms with E-state index < -0.39 is 0 Å². The molecule has 1 aliphatic rings. The summed E-state index contributed by atoms with van der Waals surface area (Å²) < 4.78 is 0. The zero-order valence-corrected chi connectivity index (χ0v) is 11.6. The number of rotatable bonds is 2. The van der Waals surface area contributed by atoms with Gasteiger partial charge in [0.1, 0.15) is 0 Å². The molecule has 1 atom stereocenters. The molecule has 0 bridgehead atoms. The van der Waals surface area contributed by atoms with Crippen LogP contribution in [-0.4, -0.2) is 37.0 Å². The second-order valence-electron chi connectivity index (χ2n) is 4.26. The number of carbonyl (C=O) groups is 1. The van der Waals surface area contributed by atoms with E-state index >= 15 is 0 Å². The lowest BCUT2D eigenvalue weighted by atomic mass is 10.1. The van der Waals surface area contributed by atoms with Gasteiger partial charge in [0.15, 0.2) is 0 Å². The number of carbonyl (C=O) groups excluding carboxylic acids is 1. The van der Waals surface area contributed by atoms with Crippen LogP contribution in [0.1, 0.15) is 29.6 Å². The molecule has 0 aromatic carbocycles. The Morgan fingerprint density at radius 2 is 2.29 bits per heavy atom. The average molecular weight is 275 g/mol. The van der Waals surface area contributed by atoms with Crippen molar-refractivity contribution < 1.29 is 4.79 Å². The Morgan fingerprint density at radius 1 is 1.47 bits per heavy atom. The van der Waals surface area contributed by atoms with Gasteiger partial charge >= 0.3 is 0 Å². The van der Waals surface area contributed by atoms with Crippen LogP contribution in [0, 0.1) is 0 Å². The third-order valence-corrected chi connectivity index (χ3v) is 3.86. The van der Waals surface area contributed by atoms with Crippen molar-refractivity contribution in [3.05, 3.63) is 22.4 Å². The van der Waals surface area contributed by atoms with E-state index in [4.69, 9.17) is 0 Å². The van der Waals surface area contributed by atoms with Gasteiger partial charge in [0.2, 0.25) is 0 Å². The fraction of sp³-hybridized carbons (Fsp3) is 0.583. The van der Waals surface area contributed by atoms with Gasteiger partial charge in [-0.05, 0) is 43.8 Å². The van der Waals surface area contributed by atoms with Crippen molar-refractivity contribution >= 4 is 29.7 Å². The Balaban J connectivity index is 0.00000144. The van der Waals surface area contributed by atoms with E-state index in [1.165, 1.54) is 0 Å². The van der Waals surface area contributed by atoms with Gasteiger partial charge in [0.25, 0.3) is 5.91 Å². The van der Waals surface area contributed by atoms with Gasteiger partial charge in [0, 0.05) is 18.5 Å². The second kappa shape index (κ2) is 6.99. The van der Waals surface area contributed by atoms with E-state index in [9.17, 15) is 4.79 Å². The smallest absolute Gasteiger partial charge is 0.254 e. The predicted molar refractivity (Wildman–Crippen MR) is 74.2 cm³/mol. The van der Waals surface area contributed by atoms with E-state index in [0.29, 0.717) is 6.04 Å². The van der Waals surface area contributed by atoms with E-state index in [1.807, 2.05) is 28.8 Å². The summed E-state index contributed by atoms with van der Waals surface area (Å²) in [6, 6.07) is 2.29. The fourth-order valence-electron chi connectivity index (χ4n) is 2.14. The van der Waals surface area contributed by atoms with Crippen LogP contribution < -0.4 is 5.32 Å². The summed E-state index contributed by atoms with van der Waals surface area (Å²) in [5.74, 6) is 0.160. The van der Waals surface area contributed by atoms with Gasteiger partial charge in [-0.2, -0.15) is 11.3 Å². The van der Waals surface area contributed by atoms with Crippen LogP contribution in [0.15, 0.2) is 16.8 Å². The number of nitrogens with zero attached hydrogens (tertiary/aromatic N) is 1. The molecule has 0 radical (unpaired) electrons. The zero-order valence-electron chi connectivity index (χ0n) is 10.0. The summed E-state index contributed by atoms with van der Waals surface area (Å²) in [6.07, 6.45) is 3.33. The van der Waals surface area contributed by atoms with E-state index in [2.05, 4.69) is 5.32 Å². The highest BCUT2D eigenvalue weighted by Gasteiger charge is 2.21. The first-order chi connectivity index (χ1) is 7.79. The van der Waals surface area contributed by atoms with Crippen molar-refractivity contribution in [3.8, 4) is 0 Å². The van der Waals surface area contributed by atoms with Gasteiger partial charge in [0.05, 0.1) is 5.56 Å². The van der Waals surface area contributed by atoms with E-state index in [1.54, 1.807) is 11.3 Å². The number of thiophene rings is 1. The molecule has 1 aliphatic heterocycles. The largest absolute Gasteiger partial charge is 0.339 e. The predicted octanol–water partition coefficient (Wildman–Crippen LogP) is 2.38. The first-order valence-electron chi connectivity index (χ1n) is 5.79. The minimum Gasteiger partial charge on any atom is -0.339 e. The lowest BCUT2D eigenvalue weighted by Crippen LogP contribution is -2.37. The maximum Gasteiger partial charge on any atom is 0.254 e. The van der Waals surface area contributed by atoms with Crippen molar-refractivity contribution in [1.82, 2.24) is 10.2 Å². The molecule has 96 valence electrons. The molecule has 2 rings (SSSR count). The number of hydrogen-bond donors (Lipinski definition) is 1. The fourth-order valence-corrected chi connectivity index (χ4v) is 2.77. The summed E-state index contributed by atoms with van der Waals surface area (Å²) in [7, 11) is 1.93. The molecule has 1 unspecified atom stereocenters. The second-order valence-corrected chi connectivity index (χ2v) is 5.04. The number of hydrogen-bond acceptors (Lipinski definition) is 3. The first kappa shape index (κ1) is 14.5. The van der Waals surface area contributed by atoms with Crippen molar-refractivity contribution in [1.29, 1.82) is 0 Å². The van der Waals surface area contributed by atoms with Gasteiger partial charge < -0.3 is 10.2 Å². The molecule has 1 saturated heterocycles. The molecule has 1 aromatic heterocycles. The molecule has 0 aliphatic carbocycles. The molecule has 1 aromatic rings. The first-order valence-corrected chi connectivity index (χ1v) is 6.73. The lowest BCUT2D eigenvalue weighted by Gasteiger charge is -2.26. The van der Waals surface area contributed by atoms with Gasteiger partial charge in [-0.3, -0.25) is 4.79 Å². The summed E-state index contributed by atoms with van der Waals surface area (Å²) in [4.78, 5) is 14.0. The summed E-state index contributed by atoms with van der Waals surface area (Å²) in [5.41, 5.74) is 0.824. The number of halogens is 1. The standard InChI is InChI=1S/C12H18N2OS.ClH/c1-14(11-3-2-6-13-7-4-11)12(15)10-5-8-16-9-10;/h5,8-9,11,13H,2-4,6-7H2,1H3;1H. The molecule has 2 heterocycles. The summed E-state index contributed by atoms with van der Waals surface area (Å²) >= 11 is 1.58. The minimum absolute atomic E-state index is 0. The van der Waals surface area contributed by atoms with Crippen molar-refractivity contribution in [3.63, 3.8) is 0 Å². The molecule has 3 nitrogen and oxygen atoms in total. The summed E-state index contributed by atoms with van der Waals surface area (Å²) in [6.45, 7) is 2.10. The van der Waals surface area contributed by atoms with E-state index in [0.717, 1.165) is 37.9 Å². The average Bonchev–Trinajstić information content (AvgIpc) is 2.70. The topological polar surface area (TPSA) is 32.3 Å². The number of nitrogens with one attached hydrogen (secondary N) is 1. The van der Waals surface area contributed by atoms with Crippen LogP contribution in [0.4, 0.5) is 0 Å². The van der Waals surface area contributed by atoms with Crippen LogP contribution in [0.5, 0.6) is 0 Å². The highest BCUT2D eigenvalue weighted by Crippen LogP contribution is 2.16. The molecule has 1 N–H and O–H groups in total. The van der Waals surface area contributed by atoms with Crippen LogP contribution in [0.2, 0.25) is 0 Å². The highest BCUT2D eigenvalue weighted by molar-refractivity contribution is 7.08. The Labute approximate surface area is 113 Å². The minimum atomic E-state index is 0. The molecule has 0 saturated carbocycles. The van der Waals surface area contributed by atoms with Crippen LogP contribution in [-0.2, 0) is 0 Å². The molecule has 5 heteroatoms. The third kappa shape index (κ3) is 3.69. The maximum atomic E-state index is 12.1. The van der Waals surface area contributed by atoms with Gasteiger partial charge in [-0.15, -0.1) is 12.4 Å². The van der Waals surface area contributed by atoms with Crippen LogP contribution in [0.3, 0.4) is 0 Å². The molecule has 1 amide bonds. The van der Waals surface area contributed by atoms with Crippen molar-refractivity contribution in [2.45, 2.75) is 25.3 Å². The molecule has 0 spiro atoms. The Kier molecular flexibility index (Phi) is 5.95. The highest BCUT2D eigenvalue weighted by atomic mass is 35.5. The Bertz CT molecular complexity index is 334. The Hall–Kier alpha value is -0.580. The molecule has 17 heavy (non-hydrogen) atoms. The van der Waals surface area contributed by atoms with Crippen LogP contribution >= 0.6 is 23.7 Å². The monoisotopic (exact) mass is 274 g/mol. The molecule has 1 fully saturated rings. The van der Waals surface area contributed by atoms with Gasteiger partial charge in [-0.1, -0.05) is 0 Å². The molecular formula is C12H19ClN2OS. The zero-order chi connectivity index (χ0) is 11.4. The third-order valence-electron chi connectivity index (χ3n) is 3.18. The van der Waals surface area contributed by atoms with Crippen molar-refractivity contribution in [2.24, 2.45) is 0 Å². The normalized spacial score (nSPS) is 20.2. The number of amides is 1. The van der Waals surface area contributed by atoms with E-state index in [-0.39, 0.29) is 18.3 Å². The maximum absolute atomic E-state index is 12.1. The van der Waals surface area contributed by atoms with Crippen LogP contribution in [0.25, 0.3) is 0 Å².